The molecule has 0 bridgehead atoms. The summed E-state index contributed by atoms with van der Waals surface area (Å²) in [5.41, 5.74) is 1.01. The largest absolute Gasteiger partial charge is 1.00 e. The van der Waals surface area contributed by atoms with E-state index in [2.05, 4.69) is 4.74 Å². The van der Waals surface area contributed by atoms with Crippen molar-refractivity contribution in [3.8, 4) is 11.5 Å². The predicted molar refractivity (Wildman–Crippen MR) is 122 cm³/mol. The molecule has 0 atom stereocenters. The molecule has 2 aromatic carbocycles. The molecule has 0 aliphatic rings. The van der Waals surface area contributed by atoms with E-state index in [-0.39, 0.29) is 65.8 Å². The Bertz CT molecular complexity index is 940. The van der Waals surface area contributed by atoms with Gasteiger partial charge in [-0.1, -0.05) is 7.43 Å². The van der Waals surface area contributed by atoms with Crippen molar-refractivity contribution in [3.63, 3.8) is 0 Å². The fraction of sp³-hybridized carbons (Fsp3) is 0.333. The number of carboxylic acids is 1. The first-order chi connectivity index (χ1) is 14.6. The van der Waals surface area contributed by atoms with E-state index in [9.17, 15) is 19.2 Å². The second kappa shape index (κ2) is 17.7. The minimum Gasteiger partial charge on any atom is -0.870 e. The van der Waals surface area contributed by atoms with Crippen molar-refractivity contribution >= 4 is 24.5 Å². The first kappa shape index (κ1) is 35.9. The average Bonchev–Trinajstić information content (AvgIpc) is 2.73. The number of aldehydes is 2. The molecule has 0 fully saturated rings. The number of benzene rings is 2. The van der Waals surface area contributed by atoms with E-state index in [0.29, 0.717) is 35.2 Å². The predicted octanol–water partition coefficient (Wildman–Crippen LogP) is 1.52. The molecule has 9 nitrogen and oxygen atoms in total. The Morgan fingerprint density at radius 1 is 0.824 bits per heavy atom. The summed E-state index contributed by atoms with van der Waals surface area (Å²) >= 11 is 0. The molecule has 2 rings (SSSR count). The van der Waals surface area contributed by atoms with E-state index in [1.807, 2.05) is 27.7 Å². The third-order valence-corrected chi connectivity index (χ3v) is 3.67. The molecule has 0 amide bonds. The van der Waals surface area contributed by atoms with E-state index in [1.165, 1.54) is 31.4 Å². The van der Waals surface area contributed by atoms with Crippen molar-refractivity contribution < 1.29 is 73.5 Å². The van der Waals surface area contributed by atoms with Crippen molar-refractivity contribution in [2.75, 3.05) is 7.11 Å². The van der Waals surface area contributed by atoms with E-state index < -0.39 is 11.9 Å². The second-order valence-electron chi connectivity index (χ2n) is 6.87. The van der Waals surface area contributed by atoms with Gasteiger partial charge in [-0.05, 0) is 64.1 Å². The smallest absolute Gasteiger partial charge is 0.870 e. The maximum atomic E-state index is 11.2. The summed E-state index contributed by atoms with van der Waals surface area (Å²) in [5.74, 6) is -0.656. The van der Waals surface area contributed by atoms with Crippen LogP contribution in [0.1, 0.15) is 76.6 Å². The van der Waals surface area contributed by atoms with Crippen LogP contribution in [0.5, 0.6) is 11.5 Å². The number of ether oxygens (including phenoxy) is 3. The van der Waals surface area contributed by atoms with Crippen LogP contribution in [0.3, 0.4) is 0 Å². The van der Waals surface area contributed by atoms with Crippen molar-refractivity contribution in [1.82, 2.24) is 0 Å². The van der Waals surface area contributed by atoms with Gasteiger partial charge in [-0.3, -0.25) is 9.59 Å². The summed E-state index contributed by atoms with van der Waals surface area (Å²) in [7, 11) is 1.29. The van der Waals surface area contributed by atoms with Gasteiger partial charge in [0.15, 0.2) is 12.6 Å². The molecule has 0 spiro atoms. The maximum absolute atomic E-state index is 11.2. The van der Waals surface area contributed by atoms with Crippen LogP contribution in [0.4, 0.5) is 0 Å². The number of rotatable bonds is 8. The molecule has 2 aromatic rings. The van der Waals surface area contributed by atoms with E-state index in [1.54, 1.807) is 12.1 Å². The fourth-order valence-corrected chi connectivity index (χ4v) is 2.38. The van der Waals surface area contributed by atoms with Gasteiger partial charge >= 0.3 is 41.5 Å². The fourth-order valence-electron chi connectivity index (χ4n) is 2.38. The van der Waals surface area contributed by atoms with Gasteiger partial charge in [0.2, 0.25) is 0 Å². The molecule has 182 valence electrons. The Hall–Kier alpha value is -2.72. The summed E-state index contributed by atoms with van der Waals surface area (Å²) in [6.07, 6.45) is 1.16. The molecule has 0 unspecified atom stereocenters. The monoisotopic (exact) mass is 486 g/mol. The van der Waals surface area contributed by atoms with Crippen LogP contribution in [0.25, 0.3) is 0 Å². The average molecular weight is 486 g/mol. The molecule has 0 radical (unpaired) electrons. The zero-order valence-electron chi connectivity index (χ0n) is 19.5. The zero-order valence-corrected chi connectivity index (χ0v) is 21.5. The molecule has 0 saturated carbocycles. The van der Waals surface area contributed by atoms with Crippen LogP contribution in [0.2, 0.25) is 0 Å². The first-order valence-corrected chi connectivity index (χ1v) is 9.46. The maximum Gasteiger partial charge on any atom is 1.00 e. The number of methoxy groups -OCH3 is 1. The molecule has 2 N–H and O–H groups in total. The molecule has 0 aliphatic heterocycles. The normalized spacial score (nSPS) is 9.15. The SMILES string of the molecule is C.CC(C)Oc1ccc(C(=O)O)cc1C=O.COC(=O)c1ccc(OC(C)C)c(C=O)c1.[Na+].[OH-]. The third kappa shape index (κ3) is 11.4. The van der Waals surface area contributed by atoms with Gasteiger partial charge in [0.1, 0.15) is 11.5 Å². The minimum atomic E-state index is -1.06. The Balaban J connectivity index is -0.000000520. The van der Waals surface area contributed by atoms with Gasteiger partial charge in [-0.15, -0.1) is 0 Å². The van der Waals surface area contributed by atoms with Gasteiger partial charge < -0.3 is 24.8 Å². The topological polar surface area (TPSA) is 146 Å². The van der Waals surface area contributed by atoms with Crippen molar-refractivity contribution in [1.29, 1.82) is 0 Å². The summed E-state index contributed by atoms with van der Waals surface area (Å²) in [4.78, 5) is 43.4. The number of carboxylic acid groups (broad SMARTS) is 1. The van der Waals surface area contributed by atoms with E-state index >= 15 is 0 Å². The van der Waals surface area contributed by atoms with Crippen LogP contribution < -0.4 is 39.0 Å². The van der Waals surface area contributed by atoms with Crippen LogP contribution in [-0.4, -0.2) is 54.4 Å². The molecule has 0 saturated heterocycles. The Morgan fingerprint density at radius 3 is 1.53 bits per heavy atom. The van der Waals surface area contributed by atoms with Crippen LogP contribution in [-0.2, 0) is 4.74 Å². The van der Waals surface area contributed by atoms with Crippen LogP contribution >= 0.6 is 0 Å². The number of aromatic carboxylic acids is 1. The van der Waals surface area contributed by atoms with Crippen molar-refractivity contribution in [2.24, 2.45) is 0 Å². The Morgan fingerprint density at radius 2 is 1.21 bits per heavy atom. The molecular formula is C24H31NaO9. The van der Waals surface area contributed by atoms with E-state index in [4.69, 9.17) is 14.6 Å². The number of esters is 1. The molecular weight excluding hydrogens is 455 g/mol. The summed E-state index contributed by atoms with van der Waals surface area (Å²) in [5, 5.41) is 8.72. The molecule has 0 aromatic heterocycles. The third-order valence-electron chi connectivity index (χ3n) is 3.67. The quantitative estimate of drug-likeness (QED) is 0.333. The van der Waals surface area contributed by atoms with Gasteiger partial charge in [0, 0.05) is 0 Å². The van der Waals surface area contributed by atoms with Crippen LogP contribution in [0.15, 0.2) is 36.4 Å². The van der Waals surface area contributed by atoms with Gasteiger partial charge in [0.05, 0.1) is 41.6 Å². The Kier molecular flexibility index (Phi) is 18.7. The second-order valence-corrected chi connectivity index (χ2v) is 6.87. The zero-order chi connectivity index (χ0) is 23.6. The van der Waals surface area contributed by atoms with Gasteiger partial charge in [-0.25, -0.2) is 9.59 Å². The number of carbonyl (C=O) groups excluding carboxylic acids is 3. The van der Waals surface area contributed by atoms with Crippen molar-refractivity contribution in [3.05, 3.63) is 58.7 Å². The first-order valence-electron chi connectivity index (χ1n) is 9.46. The molecule has 34 heavy (non-hydrogen) atoms. The molecule has 10 heteroatoms. The standard InChI is InChI=1S/C12H14O4.C11H12O4.CH4.Na.H2O/c1-8(2)16-11-5-4-9(12(14)15-3)6-10(11)7-13;1-7(2)15-10-4-3-8(11(13)14)5-9(10)6-12;;;/h4-8H,1-3H3;3-7H,1-2H3,(H,13,14);1H4;;1H2/q;;;+1;/p-1. The van der Waals surface area contributed by atoms with Gasteiger partial charge in [-0.2, -0.15) is 0 Å². The van der Waals surface area contributed by atoms with Crippen molar-refractivity contribution in [2.45, 2.75) is 47.3 Å². The van der Waals surface area contributed by atoms with E-state index in [0.717, 1.165) is 0 Å². The molecule has 0 heterocycles. The number of carbonyl (C=O) groups is 4. The van der Waals surface area contributed by atoms with Crippen LogP contribution in [0, 0.1) is 0 Å². The number of hydrogen-bond donors (Lipinski definition) is 1. The summed E-state index contributed by atoms with van der Waals surface area (Å²) < 4.78 is 15.3. The minimum absolute atomic E-state index is 0. The van der Waals surface area contributed by atoms with Gasteiger partial charge in [0.25, 0.3) is 0 Å². The Labute approximate surface area is 222 Å². The summed E-state index contributed by atoms with van der Waals surface area (Å²) in [6, 6.07) is 8.82. The number of hydrogen-bond acceptors (Lipinski definition) is 8. The molecule has 0 aliphatic carbocycles. The summed E-state index contributed by atoms with van der Waals surface area (Å²) in [6.45, 7) is 7.39.